The second-order valence-electron chi connectivity index (χ2n) is 3.95. The van der Waals surface area contributed by atoms with Gasteiger partial charge in [0.1, 0.15) is 0 Å². The lowest BCUT2D eigenvalue weighted by molar-refractivity contribution is -0.129. The van der Waals surface area contributed by atoms with Crippen LogP contribution >= 0.6 is 0 Å². The SMILES string of the molecule is CNC(=O)C(C)(C)CC(C#N)COC. The molecule has 0 saturated heterocycles. The van der Waals surface area contributed by atoms with E-state index in [9.17, 15) is 4.79 Å². The molecular weight excluding hydrogens is 180 g/mol. The topological polar surface area (TPSA) is 62.1 Å². The van der Waals surface area contributed by atoms with E-state index in [0.29, 0.717) is 13.0 Å². The van der Waals surface area contributed by atoms with Crippen molar-refractivity contribution in [2.24, 2.45) is 11.3 Å². The third-order valence-electron chi connectivity index (χ3n) is 2.15. The fraction of sp³-hybridized carbons (Fsp3) is 0.800. The highest BCUT2D eigenvalue weighted by Crippen LogP contribution is 2.25. The Bertz CT molecular complexity index is 231. The van der Waals surface area contributed by atoms with E-state index in [1.807, 2.05) is 13.8 Å². The van der Waals surface area contributed by atoms with Crippen LogP contribution in [0.25, 0.3) is 0 Å². The summed E-state index contributed by atoms with van der Waals surface area (Å²) in [5.74, 6) is -0.277. The van der Waals surface area contributed by atoms with Crippen LogP contribution in [0.3, 0.4) is 0 Å². The van der Waals surface area contributed by atoms with Gasteiger partial charge >= 0.3 is 0 Å². The summed E-state index contributed by atoms with van der Waals surface area (Å²) >= 11 is 0. The molecule has 0 aliphatic rings. The Labute approximate surface area is 85.2 Å². The van der Waals surface area contributed by atoms with Crippen LogP contribution in [0.4, 0.5) is 0 Å². The van der Waals surface area contributed by atoms with Gasteiger partial charge in [-0.05, 0) is 6.42 Å². The van der Waals surface area contributed by atoms with Gasteiger partial charge in [-0.25, -0.2) is 0 Å². The lowest BCUT2D eigenvalue weighted by Gasteiger charge is -2.24. The Kier molecular flexibility index (Phi) is 5.18. The maximum absolute atomic E-state index is 11.4. The first-order valence-corrected chi connectivity index (χ1v) is 4.58. The highest BCUT2D eigenvalue weighted by atomic mass is 16.5. The first-order chi connectivity index (χ1) is 6.47. The molecule has 4 heteroatoms. The van der Waals surface area contributed by atoms with Gasteiger partial charge < -0.3 is 10.1 Å². The molecule has 14 heavy (non-hydrogen) atoms. The molecule has 0 spiro atoms. The van der Waals surface area contributed by atoms with Crippen molar-refractivity contribution in [3.8, 4) is 6.07 Å². The van der Waals surface area contributed by atoms with E-state index in [-0.39, 0.29) is 11.8 Å². The summed E-state index contributed by atoms with van der Waals surface area (Å²) in [5.41, 5.74) is -0.520. The number of hydrogen-bond donors (Lipinski definition) is 1. The first kappa shape index (κ1) is 12.9. The molecule has 80 valence electrons. The van der Waals surface area contributed by atoms with E-state index in [4.69, 9.17) is 10.00 Å². The number of hydrogen-bond acceptors (Lipinski definition) is 3. The van der Waals surface area contributed by atoms with Gasteiger partial charge in [-0.15, -0.1) is 0 Å². The largest absolute Gasteiger partial charge is 0.383 e. The average molecular weight is 198 g/mol. The third kappa shape index (κ3) is 3.75. The zero-order valence-electron chi connectivity index (χ0n) is 9.26. The predicted molar refractivity (Wildman–Crippen MR) is 53.4 cm³/mol. The van der Waals surface area contributed by atoms with Gasteiger partial charge in [0.25, 0.3) is 0 Å². The van der Waals surface area contributed by atoms with Crippen LogP contribution in [0, 0.1) is 22.7 Å². The Morgan fingerprint density at radius 1 is 1.64 bits per heavy atom. The standard InChI is InChI=1S/C10H18N2O2/c1-10(2,9(13)12-3)5-8(6-11)7-14-4/h8H,5,7H2,1-4H3,(H,12,13). The predicted octanol–water partition coefficient (Wildman–Crippen LogP) is 0.935. The van der Waals surface area contributed by atoms with Crippen molar-refractivity contribution in [3.63, 3.8) is 0 Å². The number of carbonyl (C=O) groups is 1. The summed E-state index contributed by atoms with van der Waals surface area (Å²) in [6.07, 6.45) is 0.511. The molecule has 4 nitrogen and oxygen atoms in total. The van der Waals surface area contributed by atoms with E-state index in [2.05, 4.69) is 11.4 Å². The molecule has 0 radical (unpaired) electrons. The molecule has 0 aromatic heterocycles. The zero-order valence-corrected chi connectivity index (χ0v) is 9.26. The van der Waals surface area contributed by atoms with Crippen LogP contribution in [0.5, 0.6) is 0 Å². The van der Waals surface area contributed by atoms with Crippen LogP contribution in [-0.2, 0) is 9.53 Å². The maximum Gasteiger partial charge on any atom is 0.225 e. The van der Waals surface area contributed by atoms with Crippen molar-refractivity contribution in [2.45, 2.75) is 20.3 Å². The first-order valence-electron chi connectivity index (χ1n) is 4.58. The van der Waals surface area contributed by atoms with E-state index >= 15 is 0 Å². The Morgan fingerprint density at radius 3 is 2.57 bits per heavy atom. The summed E-state index contributed by atoms with van der Waals surface area (Å²) in [6, 6.07) is 2.13. The van der Waals surface area contributed by atoms with Crippen LogP contribution in [0.15, 0.2) is 0 Å². The minimum atomic E-state index is -0.520. The van der Waals surface area contributed by atoms with Gasteiger partial charge in [0.05, 0.1) is 18.6 Å². The van der Waals surface area contributed by atoms with E-state index < -0.39 is 5.41 Å². The highest BCUT2D eigenvalue weighted by Gasteiger charge is 2.30. The molecule has 0 aromatic rings. The molecule has 0 aromatic carbocycles. The van der Waals surface area contributed by atoms with Gasteiger partial charge in [-0.1, -0.05) is 13.8 Å². The third-order valence-corrected chi connectivity index (χ3v) is 2.15. The fourth-order valence-corrected chi connectivity index (χ4v) is 1.39. The van der Waals surface area contributed by atoms with Crippen molar-refractivity contribution in [1.82, 2.24) is 5.32 Å². The number of carbonyl (C=O) groups excluding carboxylic acids is 1. The number of nitriles is 1. The van der Waals surface area contributed by atoms with Crippen molar-refractivity contribution < 1.29 is 9.53 Å². The lowest BCUT2D eigenvalue weighted by atomic mass is 9.82. The van der Waals surface area contributed by atoms with Gasteiger partial charge in [0.15, 0.2) is 0 Å². The van der Waals surface area contributed by atoms with Crippen molar-refractivity contribution in [2.75, 3.05) is 20.8 Å². The molecule has 0 aliphatic heterocycles. The second-order valence-corrected chi connectivity index (χ2v) is 3.95. The van der Waals surface area contributed by atoms with Crippen molar-refractivity contribution in [1.29, 1.82) is 5.26 Å². The fourth-order valence-electron chi connectivity index (χ4n) is 1.39. The van der Waals surface area contributed by atoms with E-state index in [0.717, 1.165) is 0 Å². The van der Waals surface area contributed by atoms with E-state index in [1.54, 1.807) is 14.2 Å². The van der Waals surface area contributed by atoms with Gasteiger partial charge in [-0.2, -0.15) is 5.26 Å². The van der Waals surface area contributed by atoms with Crippen molar-refractivity contribution in [3.05, 3.63) is 0 Å². The molecule has 0 saturated carbocycles. The molecule has 1 unspecified atom stereocenters. The molecule has 0 bridgehead atoms. The monoisotopic (exact) mass is 198 g/mol. The lowest BCUT2D eigenvalue weighted by Crippen LogP contribution is -2.36. The number of rotatable bonds is 5. The number of nitrogens with zero attached hydrogens (tertiary/aromatic N) is 1. The molecule has 1 atom stereocenters. The minimum Gasteiger partial charge on any atom is -0.383 e. The quantitative estimate of drug-likeness (QED) is 0.715. The number of ether oxygens (including phenoxy) is 1. The number of amides is 1. The molecule has 1 amide bonds. The molecule has 0 fully saturated rings. The molecule has 0 rings (SSSR count). The smallest absolute Gasteiger partial charge is 0.225 e. The van der Waals surface area contributed by atoms with Crippen LogP contribution in [-0.4, -0.2) is 26.7 Å². The molecule has 1 N–H and O–H groups in total. The molecule has 0 heterocycles. The number of nitrogens with one attached hydrogen (secondary N) is 1. The molecular formula is C10H18N2O2. The summed E-state index contributed by atoms with van der Waals surface area (Å²) in [5, 5.41) is 11.4. The van der Waals surface area contributed by atoms with Gasteiger partial charge in [0, 0.05) is 19.6 Å². The molecule has 0 aliphatic carbocycles. The van der Waals surface area contributed by atoms with Crippen molar-refractivity contribution >= 4 is 5.91 Å². The zero-order chi connectivity index (χ0) is 11.2. The van der Waals surface area contributed by atoms with Crippen LogP contribution < -0.4 is 5.32 Å². The van der Waals surface area contributed by atoms with Crippen LogP contribution in [0.2, 0.25) is 0 Å². The van der Waals surface area contributed by atoms with Gasteiger partial charge in [0.2, 0.25) is 5.91 Å². The van der Waals surface area contributed by atoms with Crippen LogP contribution in [0.1, 0.15) is 20.3 Å². The maximum atomic E-state index is 11.4. The highest BCUT2D eigenvalue weighted by molar-refractivity contribution is 5.81. The van der Waals surface area contributed by atoms with Gasteiger partial charge in [-0.3, -0.25) is 4.79 Å². The normalized spacial score (nSPS) is 13.1. The average Bonchev–Trinajstić information content (AvgIpc) is 2.15. The Balaban J connectivity index is 4.33. The Morgan fingerprint density at radius 2 is 2.21 bits per heavy atom. The number of methoxy groups -OCH3 is 1. The van der Waals surface area contributed by atoms with E-state index in [1.165, 1.54) is 0 Å². The Hall–Kier alpha value is -1.08. The second kappa shape index (κ2) is 5.61. The summed E-state index contributed by atoms with van der Waals surface area (Å²) in [6.45, 7) is 4.02. The summed E-state index contributed by atoms with van der Waals surface area (Å²) in [4.78, 5) is 11.4. The minimum absolute atomic E-state index is 0.0474. The summed E-state index contributed by atoms with van der Waals surface area (Å²) in [7, 11) is 3.15. The summed E-state index contributed by atoms with van der Waals surface area (Å²) < 4.78 is 4.90.